The minimum atomic E-state index is -3.88. The average molecular weight is 288 g/mol. The molecule has 2 heterocycles. The molecule has 3 N–H and O–H groups in total. The molecule has 10 heteroatoms. The van der Waals surface area contributed by atoms with E-state index in [1.807, 2.05) is 0 Å². The van der Waals surface area contributed by atoms with E-state index in [1.54, 1.807) is 0 Å². The molecule has 0 unspecified atom stereocenters. The van der Waals surface area contributed by atoms with Crippen molar-refractivity contribution in [2.24, 2.45) is 0 Å². The molecule has 0 saturated heterocycles. The highest BCUT2D eigenvalue weighted by Gasteiger charge is 2.21. The highest BCUT2D eigenvalue weighted by molar-refractivity contribution is 7.94. The predicted molar refractivity (Wildman–Crippen MR) is 65.3 cm³/mol. The van der Waals surface area contributed by atoms with Crippen LogP contribution in [0, 0.1) is 6.92 Å². The van der Waals surface area contributed by atoms with Crippen LogP contribution >= 0.6 is 11.3 Å². The van der Waals surface area contributed by atoms with Crippen molar-refractivity contribution in [1.82, 2.24) is 15.2 Å². The van der Waals surface area contributed by atoms with Crippen molar-refractivity contribution in [1.29, 1.82) is 0 Å². The number of sulfonamides is 1. The lowest BCUT2D eigenvalue weighted by atomic mass is 10.5. The van der Waals surface area contributed by atoms with Gasteiger partial charge in [-0.2, -0.15) is 5.10 Å². The first-order valence-electron chi connectivity index (χ1n) is 4.67. The third-order valence-corrected chi connectivity index (χ3v) is 4.90. The van der Waals surface area contributed by atoms with Crippen LogP contribution in [0.4, 0.5) is 5.82 Å². The zero-order chi connectivity index (χ0) is 13.3. The molecule has 0 radical (unpaired) electrons. The Morgan fingerprint density at radius 3 is 2.56 bits per heavy atom. The molecule has 0 aromatic carbocycles. The summed E-state index contributed by atoms with van der Waals surface area (Å²) in [5.41, 5.74) is -0.192. The number of rotatable bonds is 3. The van der Waals surface area contributed by atoms with E-state index in [-0.39, 0.29) is 15.7 Å². The summed E-state index contributed by atoms with van der Waals surface area (Å²) < 4.78 is 25.9. The first-order chi connectivity index (χ1) is 8.38. The molecule has 96 valence electrons. The highest BCUT2D eigenvalue weighted by atomic mass is 32.2. The Morgan fingerprint density at radius 1 is 1.33 bits per heavy atom. The Kier molecular flexibility index (Phi) is 3.05. The van der Waals surface area contributed by atoms with Crippen LogP contribution in [0.2, 0.25) is 0 Å². The summed E-state index contributed by atoms with van der Waals surface area (Å²) in [7, 11) is -3.88. The third-order valence-electron chi connectivity index (χ3n) is 1.94. The smallest absolute Gasteiger partial charge is 0.306 e. The van der Waals surface area contributed by atoms with Crippen LogP contribution < -0.4 is 15.2 Å². The zero-order valence-corrected chi connectivity index (χ0v) is 10.7. The number of nitrogens with zero attached hydrogens (tertiary/aromatic N) is 1. The number of H-pyrrole nitrogens is 2. The van der Waals surface area contributed by atoms with Crippen molar-refractivity contribution in [3.05, 3.63) is 37.8 Å². The van der Waals surface area contributed by atoms with Gasteiger partial charge in [0.15, 0.2) is 10.0 Å². The number of aromatic amines is 2. The van der Waals surface area contributed by atoms with Gasteiger partial charge in [-0.05, 0) is 13.0 Å². The summed E-state index contributed by atoms with van der Waals surface area (Å²) in [6.07, 6.45) is 0. The molecule has 0 fully saturated rings. The summed E-state index contributed by atoms with van der Waals surface area (Å²) in [5, 5.41) is 5.61. The minimum absolute atomic E-state index is 0.0325. The highest BCUT2D eigenvalue weighted by Crippen LogP contribution is 2.18. The van der Waals surface area contributed by atoms with Gasteiger partial charge < -0.3 is 4.98 Å². The molecule has 0 saturated carbocycles. The lowest BCUT2D eigenvalue weighted by Crippen LogP contribution is -2.16. The first-order valence-corrected chi connectivity index (χ1v) is 6.97. The fraction of sp³-hybridized carbons (Fsp3) is 0.125. The monoisotopic (exact) mass is 288 g/mol. The standard InChI is InChI=1S/C8H8N4O4S2/c1-4-7(17-8(14)9-4)18(15,16)12-5-2-3-6(13)11-10-5/h2-3H,1H3,(H,9,14)(H,10,12)(H,11,13). The van der Waals surface area contributed by atoms with Crippen LogP contribution in [0.25, 0.3) is 0 Å². The molecule has 0 aliphatic rings. The number of aryl methyl sites for hydroxylation is 1. The van der Waals surface area contributed by atoms with Gasteiger partial charge in [0.2, 0.25) is 0 Å². The molecular formula is C8H8N4O4S2. The molecule has 8 nitrogen and oxygen atoms in total. The normalized spacial score (nSPS) is 11.4. The number of hydrogen-bond acceptors (Lipinski definition) is 6. The van der Waals surface area contributed by atoms with Crippen molar-refractivity contribution in [3.8, 4) is 0 Å². The fourth-order valence-corrected chi connectivity index (χ4v) is 3.54. The van der Waals surface area contributed by atoms with Crippen molar-refractivity contribution in [2.45, 2.75) is 11.1 Å². The second kappa shape index (κ2) is 4.38. The maximum Gasteiger partial charge on any atom is 0.306 e. The number of nitrogens with one attached hydrogen (secondary N) is 3. The second-order valence-corrected chi connectivity index (χ2v) is 6.20. The van der Waals surface area contributed by atoms with Crippen molar-refractivity contribution in [3.63, 3.8) is 0 Å². The molecule has 2 aromatic rings. The SMILES string of the molecule is Cc1[nH]c(=O)sc1S(=O)(=O)Nc1ccc(=O)[nH]n1. The molecule has 0 atom stereocenters. The van der Waals surface area contributed by atoms with Gasteiger partial charge in [0.25, 0.3) is 15.6 Å². The van der Waals surface area contributed by atoms with Crippen LogP contribution in [0.3, 0.4) is 0 Å². The van der Waals surface area contributed by atoms with Gasteiger partial charge in [-0.15, -0.1) is 0 Å². The number of thiazole rings is 1. The summed E-state index contributed by atoms with van der Waals surface area (Å²) in [5.74, 6) is -0.0325. The van der Waals surface area contributed by atoms with Crippen LogP contribution in [0.5, 0.6) is 0 Å². The Bertz CT molecular complexity index is 765. The Balaban J connectivity index is 2.38. The maximum atomic E-state index is 11.9. The summed E-state index contributed by atoms with van der Waals surface area (Å²) in [6.45, 7) is 1.48. The topological polar surface area (TPSA) is 125 Å². The van der Waals surface area contributed by atoms with Crippen LogP contribution in [0.1, 0.15) is 5.69 Å². The number of anilines is 1. The zero-order valence-electron chi connectivity index (χ0n) is 9.05. The van der Waals surface area contributed by atoms with Crippen molar-refractivity contribution in [2.75, 3.05) is 4.72 Å². The average Bonchev–Trinajstić information content (AvgIpc) is 2.62. The summed E-state index contributed by atoms with van der Waals surface area (Å²) in [4.78, 5) is 23.8. The lowest BCUT2D eigenvalue weighted by Gasteiger charge is -2.04. The van der Waals surface area contributed by atoms with E-state index in [1.165, 1.54) is 13.0 Å². The van der Waals surface area contributed by atoms with Crippen molar-refractivity contribution < 1.29 is 8.42 Å². The van der Waals surface area contributed by atoms with Gasteiger partial charge in [-0.1, -0.05) is 11.3 Å². The van der Waals surface area contributed by atoms with E-state index in [4.69, 9.17) is 0 Å². The molecule has 0 amide bonds. The maximum absolute atomic E-state index is 11.9. The van der Waals surface area contributed by atoms with E-state index < -0.39 is 20.5 Å². The van der Waals surface area contributed by atoms with Crippen LogP contribution in [0.15, 0.2) is 25.9 Å². The van der Waals surface area contributed by atoms with Gasteiger partial charge in [0, 0.05) is 11.8 Å². The Labute approximate surface area is 105 Å². The van der Waals surface area contributed by atoms with Gasteiger partial charge in [0.05, 0.1) is 0 Å². The molecule has 2 rings (SSSR count). The van der Waals surface area contributed by atoms with Crippen LogP contribution in [-0.2, 0) is 10.0 Å². The fourth-order valence-electron chi connectivity index (χ4n) is 1.23. The van der Waals surface area contributed by atoms with E-state index >= 15 is 0 Å². The quantitative estimate of drug-likeness (QED) is 0.710. The molecule has 18 heavy (non-hydrogen) atoms. The van der Waals surface area contributed by atoms with Crippen molar-refractivity contribution >= 4 is 27.2 Å². The second-order valence-electron chi connectivity index (χ2n) is 3.34. The lowest BCUT2D eigenvalue weighted by molar-refractivity contribution is 0.602. The van der Waals surface area contributed by atoms with Gasteiger partial charge in [-0.25, -0.2) is 13.5 Å². The van der Waals surface area contributed by atoms with E-state index in [0.717, 1.165) is 6.07 Å². The van der Waals surface area contributed by atoms with E-state index in [0.29, 0.717) is 11.3 Å². The summed E-state index contributed by atoms with van der Waals surface area (Å²) in [6, 6.07) is 2.36. The number of hydrogen-bond donors (Lipinski definition) is 3. The van der Waals surface area contributed by atoms with E-state index in [9.17, 15) is 18.0 Å². The Hall–Kier alpha value is -1.94. The molecule has 0 aliphatic heterocycles. The molecule has 2 aromatic heterocycles. The predicted octanol–water partition coefficient (Wildman–Crippen LogP) is -0.371. The first kappa shape index (κ1) is 12.5. The van der Waals surface area contributed by atoms with Gasteiger partial charge in [0.1, 0.15) is 0 Å². The Morgan fingerprint density at radius 2 is 2.06 bits per heavy atom. The molecule has 0 aliphatic carbocycles. The third kappa shape index (κ3) is 2.49. The van der Waals surface area contributed by atoms with Crippen LogP contribution in [-0.4, -0.2) is 23.6 Å². The molecular weight excluding hydrogens is 280 g/mol. The minimum Gasteiger partial charge on any atom is -0.315 e. The summed E-state index contributed by atoms with van der Waals surface area (Å²) >= 11 is 0.582. The van der Waals surface area contributed by atoms with E-state index in [2.05, 4.69) is 19.9 Å². The van der Waals surface area contributed by atoms with Gasteiger partial charge in [-0.3, -0.25) is 14.3 Å². The van der Waals surface area contributed by atoms with Gasteiger partial charge >= 0.3 is 4.87 Å². The number of aromatic nitrogens is 3. The largest absolute Gasteiger partial charge is 0.315 e. The molecule has 0 spiro atoms. The molecule has 0 bridgehead atoms.